The lowest BCUT2D eigenvalue weighted by Crippen LogP contribution is -2.30. The SMILES string of the molecule is CC(CCC(=O)O)CNC(=O)Cc1ccccc1[N+](=O)[O-]. The molecule has 0 fully saturated rings. The summed E-state index contributed by atoms with van der Waals surface area (Å²) < 4.78 is 0. The standard InChI is InChI=1S/C14H18N2O5/c1-10(6-7-14(18)19)9-15-13(17)8-11-4-2-3-5-12(11)16(20)21/h2-5,10H,6-9H2,1H3,(H,15,17)(H,18,19). The highest BCUT2D eigenvalue weighted by atomic mass is 16.6. The highest BCUT2D eigenvalue weighted by Gasteiger charge is 2.15. The minimum Gasteiger partial charge on any atom is -0.481 e. The normalized spacial score (nSPS) is 11.7. The number of rotatable bonds is 8. The van der Waals surface area contributed by atoms with E-state index in [1.165, 1.54) is 6.07 Å². The molecule has 1 atom stereocenters. The van der Waals surface area contributed by atoms with Crippen LogP contribution in [0.2, 0.25) is 0 Å². The number of nitrogens with zero attached hydrogens (tertiary/aromatic N) is 1. The lowest BCUT2D eigenvalue weighted by molar-refractivity contribution is -0.385. The topological polar surface area (TPSA) is 110 Å². The van der Waals surface area contributed by atoms with Gasteiger partial charge in [-0.1, -0.05) is 25.1 Å². The fourth-order valence-electron chi connectivity index (χ4n) is 1.83. The molecule has 0 radical (unpaired) electrons. The Morgan fingerprint density at radius 2 is 2.05 bits per heavy atom. The monoisotopic (exact) mass is 294 g/mol. The molecule has 0 spiro atoms. The predicted molar refractivity (Wildman–Crippen MR) is 75.8 cm³/mol. The summed E-state index contributed by atoms with van der Waals surface area (Å²) in [5, 5.41) is 22.1. The third kappa shape index (κ3) is 6.03. The number of aliphatic carboxylic acids is 1. The minimum absolute atomic E-state index is 0.0378. The van der Waals surface area contributed by atoms with E-state index in [-0.39, 0.29) is 30.4 Å². The highest BCUT2D eigenvalue weighted by molar-refractivity contribution is 5.79. The van der Waals surface area contributed by atoms with Gasteiger partial charge in [-0.3, -0.25) is 19.7 Å². The molecule has 7 heteroatoms. The zero-order valence-corrected chi connectivity index (χ0v) is 11.7. The first-order valence-electron chi connectivity index (χ1n) is 6.61. The second-order valence-corrected chi connectivity index (χ2v) is 4.90. The quantitative estimate of drug-likeness (QED) is 0.560. The lowest BCUT2D eigenvalue weighted by atomic mass is 10.1. The van der Waals surface area contributed by atoms with Crippen LogP contribution in [0.15, 0.2) is 24.3 Å². The van der Waals surface area contributed by atoms with Crippen molar-refractivity contribution < 1.29 is 19.6 Å². The third-order valence-electron chi connectivity index (χ3n) is 3.04. The molecule has 0 bridgehead atoms. The molecule has 0 aliphatic rings. The number of hydrogen-bond donors (Lipinski definition) is 2. The Hall–Kier alpha value is -2.44. The summed E-state index contributed by atoms with van der Waals surface area (Å²) in [6.45, 7) is 2.20. The van der Waals surface area contributed by atoms with Gasteiger partial charge in [-0.25, -0.2) is 0 Å². The fourth-order valence-corrected chi connectivity index (χ4v) is 1.83. The molecule has 0 heterocycles. The average molecular weight is 294 g/mol. The summed E-state index contributed by atoms with van der Waals surface area (Å²) >= 11 is 0. The molecule has 7 nitrogen and oxygen atoms in total. The van der Waals surface area contributed by atoms with Gasteiger partial charge in [0.2, 0.25) is 5.91 Å². The van der Waals surface area contributed by atoms with Crippen LogP contribution in [0, 0.1) is 16.0 Å². The third-order valence-corrected chi connectivity index (χ3v) is 3.04. The predicted octanol–water partition coefficient (Wildman–Crippen LogP) is 1.75. The van der Waals surface area contributed by atoms with Crippen LogP contribution in [-0.4, -0.2) is 28.5 Å². The van der Waals surface area contributed by atoms with Gasteiger partial charge in [-0.2, -0.15) is 0 Å². The number of nitro benzene ring substituents is 1. The molecule has 21 heavy (non-hydrogen) atoms. The van der Waals surface area contributed by atoms with E-state index in [1.807, 2.05) is 6.92 Å². The summed E-state index contributed by atoms with van der Waals surface area (Å²) in [7, 11) is 0. The molecule has 0 saturated heterocycles. The van der Waals surface area contributed by atoms with Crippen LogP contribution >= 0.6 is 0 Å². The van der Waals surface area contributed by atoms with Gasteiger partial charge in [0.05, 0.1) is 11.3 Å². The van der Waals surface area contributed by atoms with Crippen LogP contribution in [0.1, 0.15) is 25.3 Å². The summed E-state index contributed by atoms with van der Waals surface area (Å²) in [5.41, 5.74) is 0.282. The van der Waals surface area contributed by atoms with E-state index >= 15 is 0 Å². The maximum atomic E-state index is 11.8. The van der Waals surface area contributed by atoms with Crippen molar-refractivity contribution in [3.8, 4) is 0 Å². The Bertz CT molecular complexity index is 530. The molecule has 2 N–H and O–H groups in total. The number of para-hydroxylation sites is 1. The molecule has 114 valence electrons. The maximum absolute atomic E-state index is 11.8. The van der Waals surface area contributed by atoms with Crippen LogP contribution in [0.5, 0.6) is 0 Å². The Morgan fingerprint density at radius 1 is 1.38 bits per heavy atom. The Morgan fingerprint density at radius 3 is 2.67 bits per heavy atom. The van der Waals surface area contributed by atoms with Crippen LogP contribution in [-0.2, 0) is 16.0 Å². The van der Waals surface area contributed by atoms with Crippen molar-refractivity contribution in [3.63, 3.8) is 0 Å². The molecular formula is C14H18N2O5. The Kier molecular flexibility index (Phi) is 6.32. The van der Waals surface area contributed by atoms with E-state index in [9.17, 15) is 19.7 Å². The zero-order chi connectivity index (χ0) is 15.8. The first kappa shape index (κ1) is 16.6. The molecule has 1 rings (SSSR count). The minimum atomic E-state index is -0.868. The van der Waals surface area contributed by atoms with Gasteiger partial charge in [0.1, 0.15) is 0 Å². The van der Waals surface area contributed by atoms with Crippen LogP contribution in [0.3, 0.4) is 0 Å². The number of nitrogens with one attached hydrogen (secondary N) is 1. The van der Waals surface area contributed by atoms with Crippen molar-refractivity contribution in [2.45, 2.75) is 26.2 Å². The fraction of sp³-hybridized carbons (Fsp3) is 0.429. The van der Waals surface area contributed by atoms with Crippen LogP contribution in [0.4, 0.5) is 5.69 Å². The number of carbonyl (C=O) groups excluding carboxylic acids is 1. The number of carboxylic acid groups (broad SMARTS) is 1. The molecule has 1 aromatic carbocycles. The van der Waals surface area contributed by atoms with Crippen molar-refractivity contribution in [1.82, 2.24) is 5.32 Å². The molecule has 0 saturated carbocycles. The van der Waals surface area contributed by atoms with Gasteiger partial charge in [-0.05, 0) is 12.3 Å². The van der Waals surface area contributed by atoms with Crippen molar-refractivity contribution >= 4 is 17.6 Å². The van der Waals surface area contributed by atoms with Gasteiger partial charge in [0.15, 0.2) is 0 Å². The molecule has 1 aromatic rings. The summed E-state index contributed by atoms with van der Waals surface area (Å²) in [4.78, 5) is 32.5. The summed E-state index contributed by atoms with van der Waals surface area (Å²) in [5.74, 6) is -1.14. The van der Waals surface area contributed by atoms with Crippen molar-refractivity contribution in [2.75, 3.05) is 6.54 Å². The van der Waals surface area contributed by atoms with Crippen molar-refractivity contribution in [3.05, 3.63) is 39.9 Å². The van der Waals surface area contributed by atoms with E-state index < -0.39 is 10.9 Å². The van der Waals surface area contributed by atoms with Gasteiger partial charge in [-0.15, -0.1) is 0 Å². The number of hydrogen-bond acceptors (Lipinski definition) is 4. The number of amides is 1. The van der Waals surface area contributed by atoms with E-state index in [4.69, 9.17) is 5.11 Å². The van der Waals surface area contributed by atoms with E-state index in [1.54, 1.807) is 18.2 Å². The van der Waals surface area contributed by atoms with Gasteiger partial charge in [0, 0.05) is 24.6 Å². The van der Waals surface area contributed by atoms with Crippen LogP contribution in [0.25, 0.3) is 0 Å². The zero-order valence-electron chi connectivity index (χ0n) is 11.7. The van der Waals surface area contributed by atoms with Gasteiger partial charge in [0.25, 0.3) is 5.69 Å². The van der Waals surface area contributed by atoms with Crippen molar-refractivity contribution in [1.29, 1.82) is 0 Å². The van der Waals surface area contributed by atoms with Crippen LogP contribution < -0.4 is 5.32 Å². The second-order valence-electron chi connectivity index (χ2n) is 4.90. The smallest absolute Gasteiger partial charge is 0.303 e. The second kappa shape index (κ2) is 7.98. The van der Waals surface area contributed by atoms with E-state index in [0.717, 1.165) is 0 Å². The molecule has 1 unspecified atom stereocenters. The van der Waals surface area contributed by atoms with E-state index in [0.29, 0.717) is 18.5 Å². The van der Waals surface area contributed by atoms with Gasteiger partial charge < -0.3 is 10.4 Å². The number of nitro groups is 1. The first-order chi connectivity index (χ1) is 9.90. The van der Waals surface area contributed by atoms with Gasteiger partial charge >= 0.3 is 5.97 Å². The number of benzene rings is 1. The molecular weight excluding hydrogens is 276 g/mol. The average Bonchev–Trinajstić information content (AvgIpc) is 2.43. The largest absolute Gasteiger partial charge is 0.481 e. The number of carbonyl (C=O) groups is 2. The molecule has 0 aliphatic carbocycles. The Labute approximate surface area is 122 Å². The maximum Gasteiger partial charge on any atom is 0.303 e. The van der Waals surface area contributed by atoms with E-state index in [2.05, 4.69) is 5.32 Å². The summed E-state index contributed by atoms with van der Waals surface area (Å²) in [6, 6.07) is 6.10. The molecule has 0 aliphatic heterocycles. The first-order valence-corrected chi connectivity index (χ1v) is 6.61. The number of carboxylic acids is 1. The Balaban J connectivity index is 2.47. The summed E-state index contributed by atoms with van der Waals surface area (Å²) in [6.07, 6.45) is 0.463. The molecule has 1 amide bonds. The highest BCUT2D eigenvalue weighted by Crippen LogP contribution is 2.18. The van der Waals surface area contributed by atoms with Crippen molar-refractivity contribution in [2.24, 2.45) is 5.92 Å². The molecule has 0 aromatic heterocycles. The lowest BCUT2D eigenvalue weighted by Gasteiger charge is -2.11.